The van der Waals surface area contributed by atoms with Gasteiger partial charge in [0.25, 0.3) is 0 Å². The van der Waals surface area contributed by atoms with Crippen molar-refractivity contribution in [2.24, 2.45) is 29.6 Å². The first-order valence-corrected chi connectivity index (χ1v) is 19.9. The summed E-state index contributed by atoms with van der Waals surface area (Å²) in [6.45, 7) is 33.6. The van der Waals surface area contributed by atoms with Crippen molar-refractivity contribution in [2.45, 2.75) is 201 Å². The van der Waals surface area contributed by atoms with Gasteiger partial charge in [-0.3, -0.25) is 0 Å². The molecular formula is C45H96O3. The van der Waals surface area contributed by atoms with Crippen molar-refractivity contribution < 1.29 is 16.4 Å². The average Bonchev–Trinajstić information content (AvgIpc) is 3.58. The maximum Gasteiger partial charge on any atom is 0.0614 e. The largest absolute Gasteiger partial charge is 0.396 e. The summed E-state index contributed by atoms with van der Waals surface area (Å²) >= 11 is 0. The Labute approximate surface area is 307 Å². The minimum absolute atomic E-state index is 0. The molecule has 0 aromatic rings. The van der Waals surface area contributed by atoms with E-state index in [-0.39, 0.29) is 15.5 Å². The van der Waals surface area contributed by atoms with Crippen LogP contribution in [-0.4, -0.2) is 36.6 Å². The number of hydrogen-bond donors (Lipinski definition) is 2. The first-order chi connectivity index (χ1) is 22.2. The summed E-state index contributed by atoms with van der Waals surface area (Å²) in [5, 5.41) is 17.2. The molecule has 1 aliphatic rings. The van der Waals surface area contributed by atoms with Gasteiger partial charge < -0.3 is 14.9 Å². The highest BCUT2D eigenvalue weighted by Crippen LogP contribution is 2.15. The average molecular weight is 685 g/mol. The molecular weight excluding hydrogens is 588 g/mol. The molecule has 1 saturated heterocycles. The molecule has 294 valence electrons. The van der Waals surface area contributed by atoms with Gasteiger partial charge >= 0.3 is 0 Å². The van der Waals surface area contributed by atoms with Crippen LogP contribution in [0, 0.1) is 29.6 Å². The van der Waals surface area contributed by atoms with E-state index in [0.717, 1.165) is 56.1 Å². The van der Waals surface area contributed by atoms with Crippen molar-refractivity contribution >= 4 is 0 Å². The molecule has 1 rings (SSSR count). The van der Waals surface area contributed by atoms with Gasteiger partial charge in [-0.15, -0.1) is 0 Å². The highest BCUT2D eigenvalue weighted by molar-refractivity contribution is 5.01. The van der Waals surface area contributed by atoms with E-state index >= 15 is 0 Å². The summed E-state index contributed by atoms with van der Waals surface area (Å²) in [6, 6.07) is 0. The second-order valence-corrected chi connectivity index (χ2v) is 15.6. The predicted molar refractivity (Wildman–Crippen MR) is 224 cm³/mol. The molecule has 3 heteroatoms. The normalized spacial score (nSPS) is 13.9. The molecule has 0 spiro atoms. The number of aliphatic hydroxyl groups is 2. The monoisotopic (exact) mass is 685 g/mol. The first-order valence-electron chi connectivity index (χ1n) is 19.9. The van der Waals surface area contributed by atoms with Crippen molar-refractivity contribution in [3.8, 4) is 0 Å². The Balaban J connectivity index is -0.000000118. The van der Waals surface area contributed by atoms with Crippen LogP contribution in [-0.2, 0) is 4.74 Å². The highest BCUT2D eigenvalue weighted by Gasteiger charge is 2.02. The molecule has 2 N–H and O–H groups in total. The van der Waals surface area contributed by atoms with E-state index in [0.29, 0.717) is 12.5 Å². The smallest absolute Gasteiger partial charge is 0.0614 e. The molecule has 3 nitrogen and oxygen atoms in total. The Morgan fingerprint density at radius 1 is 0.646 bits per heavy atom. The first kappa shape index (κ1) is 56.5. The third kappa shape index (κ3) is 60.4. The minimum Gasteiger partial charge on any atom is -0.396 e. The number of rotatable bonds is 19. The zero-order valence-electron chi connectivity index (χ0n) is 34.9. The van der Waals surface area contributed by atoms with Gasteiger partial charge in [0.2, 0.25) is 0 Å². The standard InChI is InChI=1S/C10H22O.C10H18O.C10H22.C10H20.C4H8O.CH4.H2/c2*1-9(2)5-4-6-10(3)7-8-11;2*1-5-10(4)8-6-7-9(2)3;1-2-4-5-3-1;;/h9-11H,4-8H2,1-3H3;5,7,11H,4,6,8H2,1-3H3;9-10H,5-8H2,1-4H3;5,9H,6-8H2,1-4H3;1-4H2;1H4;1H/b;10-7+;;;;;. The van der Waals surface area contributed by atoms with Crippen molar-refractivity contribution in [2.75, 3.05) is 26.4 Å². The molecule has 0 saturated carbocycles. The van der Waals surface area contributed by atoms with E-state index in [2.05, 4.69) is 109 Å². The Bertz CT molecular complexity index is 678. The van der Waals surface area contributed by atoms with Crippen LogP contribution in [0.5, 0.6) is 0 Å². The Hall–Kier alpha value is -0.900. The molecule has 2 atom stereocenters. The lowest BCUT2D eigenvalue weighted by atomic mass is 9.98. The molecule has 1 aliphatic heterocycles. The van der Waals surface area contributed by atoms with E-state index in [1.165, 1.54) is 93.8 Å². The van der Waals surface area contributed by atoms with E-state index in [9.17, 15) is 0 Å². The van der Waals surface area contributed by atoms with Gasteiger partial charge in [-0.2, -0.15) is 0 Å². The fourth-order valence-corrected chi connectivity index (χ4v) is 4.61. The Kier molecular flexibility index (Phi) is 51.9. The van der Waals surface area contributed by atoms with Crippen molar-refractivity contribution in [3.63, 3.8) is 0 Å². The number of hydrogen-bond acceptors (Lipinski definition) is 3. The zero-order chi connectivity index (χ0) is 36.9. The van der Waals surface area contributed by atoms with Crippen molar-refractivity contribution in [1.82, 2.24) is 0 Å². The summed E-state index contributed by atoms with van der Waals surface area (Å²) in [4.78, 5) is 0. The summed E-state index contributed by atoms with van der Waals surface area (Å²) in [7, 11) is 0. The van der Waals surface area contributed by atoms with E-state index in [1.807, 2.05) is 6.08 Å². The second-order valence-electron chi connectivity index (χ2n) is 15.6. The predicted octanol–water partition coefficient (Wildman–Crippen LogP) is 14.8. The summed E-state index contributed by atoms with van der Waals surface area (Å²) < 4.78 is 4.94. The number of aliphatic hydroxyl groups excluding tert-OH is 2. The zero-order valence-corrected chi connectivity index (χ0v) is 34.9. The fourth-order valence-electron chi connectivity index (χ4n) is 4.61. The van der Waals surface area contributed by atoms with Crippen LogP contribution in [0.3, 0.4) is 0 Å². The lowest BCUT2D eigenvalue weighted by Gasteiger charge is -2.09. The minimum atomic E-state index is 0. The maximum absolute atomic E-state index is 8.65. The molecule has 1 heterocycles. The molecule has 1 fully saturated rings. The van der Waals surface area contributed by atoms with Gasteiger partial charge in [-0.1, -0.05) is 156 Å². The van der Waals surface area contributed by atoms with Crippen LogP contribution in [0.25, 0.3) is 0 Å². The maximum atomic E-state index is 8.65. The molecule has 2 unspecified atom stereocenters. The molecule has 0 aromatic heterocycles. The number of ether oxygens (including phenoxy) is 1. The Morgan fingerprint density at radius 2 is 1.12 bits per heavy atom. The summed E-state index contributed by atoms with van der Waals surface area (Å²) in [5.41, 5.74) is 4.16. The van der Waals surface area contributed by atoms with Crippen LogP contribution < -0.4 is 0 Å². The van der Waals surface area contributed by atoms with Crippen molar-refractivity contribution in [1.29, 1.82) is 0 Å². The van der Waals surface area contributed by atoms with Gasteiger partial charge in [0.15, 0.2) is 0 Å². The van der Waals surface area contributed by atoms with Crippen LogP contribution in [0.4, 0.5) is 0 Å². The topological polar surface area (TPSA) is 49.7 Å². The lowest BCUT2D eigenvalue weighted by Crippen LogP contribution is -1.98. The van der Waals surface area contributed by atoms with Crippen molar-refractivity contribution in [3.05, 3.63) is 34.9 Å². The summed E-state index contributed by atoms with van der Waals surface area (Å²) in [6.07, 6.45) is 25.5. The summed E-state index contributed by atoms with van der Waals surface area (Å²) in [5.74, 6) is 4.24. The van der Waals surface area contributed by atoms with Gasteiger partial charge in [0, 0.05) is 21.2 Å². The molecule has 0 aliphatic carbocycles. The van der Waals surface area contributed by atoms with Crippen LogP contribution >= 0.6 is 0 Å². The van der Waals surface area contributed by atoms with Gasteiger partial charge in [-0.25, -0.2) is 0 Å². The van der Waals surface area contributed by atoms with Crippen LogP contribution in [0.15, 0.2) is 34.9 Å². The third-order valence-electron chi connectivity index (χ3n) is 8.48. The molecule has 0 aromatic carbocycles. The second kappa shape index (κ2) is 44.1. The van der Waals surface area contributed by atoms with E-state index in [1.54, 1.807) is 0 Å². The third-order valence-corrected chi connectivity index (χ3v) is 8.48. The SMILES string of the molecule is C.C1CCOC1.CC(C)=CCC/C(C)=C/CO.CC(C)CCCC(C)CCO.CC=C(C)CCCC(C)C.CCC(C)CCCC(C)C.[HH]. The lowest BCUT2D eigenvalue weighted by molar-refractivity contribution is 0.198. The molecule has 48 heavy (non-hydrogen) atoms. The van der Waals surface area contributed by atoms with Gasteiger partial charge in [0.1, 0.15) is 0 Å². The quantitative estimate of drug-likeness (QED) is 0.133. The van der Waals surface area contributed by atoms with E-state index in [4.69, 9.17) is 14.9 Å². The number of allylic oxidation sites excluding steroid dienone is 5. The molecule has 0 radical (unpaired) electrons. The van der Waals surface area contributed by atoms with Crippen LogP contribution in [0.1, 0.15) is 202 Å². The van der Waals surface area contributed by atoms with Gasteiger partial charge in [-0.05, 0) is 109 Å². The molecule has 0 bridgehead atoms. The Morgan fingerprint density at radius 3 is 1.48 bits per heavy atom. The van der Waals surface area contributed by atoms with Crippen LogP contribution in [0.2, 0.25) is 0 Å². The highest BCUT2D eigenvalue weighted by atomic mass is 16.5. The van der Waals surface area contributed by atoms with Gasteiger partial charge in [0.05, 0.1) is 6.61 Å². The van der Waals surface area contributed by atoms with E-state index < -0.39 is 0 Å². The fraction of sp³-hybridized carbons (Fsp3) is 0.867. The molecule has 0 amide bonds.